The zero-order chi connectivity index (χ0) is 26.5. The Morgan fingerprint density at radius 1 is 0.500 bits per heavy atom. The van der Waals surface area contributed by atoms with E-state index in [0.717, 1.165) is 25.7 Å². The Morgan fingerprint density at radius 3 is 1.00 bits per heavy atom. The number of aliphatic hydroxyl groups is 1. The molecular formula is C33H66O3. The molecule has 0 aromatic heterocycles. The number of ether oxygens (including phenoxy) is 1. The third kappa shape index (κ3) is 26.5. The molecule has 0 radical (unpaired) electrons. The second kappa shape index (κ2) is 29.0. The number of hydrogen-bond donors (Lipinski definition) is 1. The fraction of sp³-hybridized carbons (Fsp3) is 0.970. The molecule has 216 valence electrons. The first-order valence-corrected chi connectivity index (χ1v) is 16.5. The number of esters is 1. The van der Waals surface area contributed by atoms with Gasteiger partial charge in [0.2, 0.25) is 0 Å². The van der Waals surface area contributed by atoms with Crippen LogP contribution in [0.3, 0.4) is 0 Å². The smallest absolute Gasteiger partial charge is 0.334 e. The summed E-state index contributed by atoms with van der Waals surface area (Å²) in [4.78, 5) is 11.9. The van der Waals surface area contributed by atoms with Gasteiger partial charge in [0.25, 0.3) is 0 Å². The van der Waals surface area contributed by atoms with E-state index in [1.165, 1.54) is 155 Å². The lowest BCUT2D eigenvalue weighted by Crippen LogP contribution is -2.26. The minimum absolute atomic E-state index is 0.0111. The number of rotatable bonds is 29. The second-order valence-electron chi connectivity index (χ2n) is 11.4. The predicted molar refractivity (Wildman–Crippen MR) is 158 cm³/mol. The maximum Gasteiger partial charge on any atom is 0.334 e. The van der Waals surface area contributed by atoms with Crippen LogP contribution in [0, 0.1) is 0 Å². The number of aliphatic hydroxyl groups excluding tert-OH is 1. The molecule has 0 saturated heterocycles. The summed E-state index contributed by atoms with van der Waals surface area (Å²) in [5, 5.41) is 9.55. The van der Waals surface area contributed by atoms with Gasteiger partial charge in [-0.1, -0.05) is 162 Å². The summed E-state index contributed by atoms with van der Waals surface area (Å²) in [5.74, 6) is -0.451. The van der Waals surface area contributed by atoms with E-state index in [9.17, 15) is 9.90 Å². The van der Waals surface area contributed by atoms with Gasteiger partial charge in [-0.3, -0.25) is 0 Å². The van der Waals surface area contributed by atoms with Crippen LogP contribution in [0.4, 0.5) is 0 Å². The van der Waals surface area contributed by atoms with Crippen molar-refractivity contribution in [1.82, 2.24) is 0 Å². The van der Waals surface area contributed by atoms with Gasteiger partial charge in [-0.2, -0.15) is 0 Å². The molecule has 1 N–H and O–H groups in total. The average molecular weight is 511 g/mol. The highest BCUT2D eigenvalue weighted by molar-refractivity contribution is 5.73. The molecule has 36 heavy (non-hydrogen) atoms. The van der Waals surface area contributed by atoms with E-state index >= 15 is 0 Å². The van der Waals surface area contributed by atoms with E-state index in [0.29, 0.717) is 0 Å². The van der Waals surface area contributed by atoms with Crippen molar-refractivity contribution >= 4 is 5.97 Å². The van der Waals surface area contributed by atoms with Gasteiger partial charge in [0.1, 0.15) is 12.2 Å². The van der Waals surface area contributed by atoms with Crippen LogP contribution >= 0.6 is 0 Å². The topological polar surface area (TPSA) is 46.5 Å². The van der Waals surface area contributed by atoms with E-state index in [-0.39, 0.29) is 6.10 Å². The Kier molecular flexibility index (Phi) is 28.5. The van der Waals surface area contributed by atoms with Crippen LogP contribution in [0.5, 0.6) is 0 Å². The van der Waals surface area contributed by atoms with Gasteiger partial charge in [0, 0.05) is 0 Å². The molecule has 2 unspecified atom stereocenters. The number of unbranched alkanes of at least 4 members (excludes halogenated alkanes) is 23. The summed E-state index contributed by atoms with van der Waals surface area (Å²) >= 11 is 0. The summed E-state index contributed by atoms with van der Waals surface area (Å²) in [5.41, 5.74) is 0. The highest BCUT2D eigenvalue weighted by Crippen LogP contribution is 2.19. The molecule has 0 fully saturated rings. The van der Waals surface area contributed by atoms with Crippen LogP contribution in [-0.2, 0) is 9.53 Å². The van der Waals surface area contributed by atoms with Crippen molar-refractivity contribution in [2.75, 3.05) is 0 Å². The molecular weight excluding hydrogens is 444 g/mol. The third-order valence-electron chi connectivity index (χ3n) is 7.63. The van der Waals surface area contributed by atoms with Crippen LogP contribution in [0.25, 0.3) is 0 Å². The molecule has 0 amide bonds. The molecule has 3 nitrogen and oxygen atoms in total. The molecule has 2 atom stereocenters. The average Bonchev–Trinajstić information content (AvgIpc) is 2.87. The van der Waals surface area contributed by atoms with Crippen LogP contribution in [-0.4, -0.2) is 23.3 Å². The van der Waals surface area contributed by atoms with Gasteiger partial charge in [-0.05, 0) is 32.6 Å². The van der Waals surface area contributed by atoms with Gasteiger partial charge in [-0.25, -0.2) is 4.79 Å². The van der Waals surface area contributed by atoms with Gasteiger partial charge >= 0.3 is 5.97 Å². The Balaban J connectivity index is 3.72. The van der Waals surface area contributed by atoms with E-state index < -0.39 is 12.1 Å². The maximum atomic E-state index is 11.9. The van der Waals surface area contributed by atoms with Crippen molar-refractivity contribution in [2.24, 2.45) is 0 Å². The Morgan fingerprint density at radius 2 is 0.750 bits per heavy atom. The highest BCUT2D eigenvalue weighted by Gasteiger charge is 2.17. The Labute approximate surface area is 226 Å². The van der Waals surface area contributed by atoms with E-state index in [2.05, 4.69) is 13.8 Å². The first kappa shape index (κ1) is 35.4. The Hall–Kier alpha value is -0.570. The lowest BCUT2D eigenvalue weighted by atomic mass is 10.0. The first-order valence-electron chi connectivity index (χ1n) is 16.5. The summed E-state index contributed by atoms with van der Waals surface area (Å²) < 4.78 is 5.63. The SMILES string of the molecule is CCCCCCCCCCCCCCCCC(CCCCCCCCCCCCC)OC(=O)C(C)O. The van der Waals surface area contributed by atoms with Gasteiger partial charge in [0.15, 0.2) is 0 Å². The van der Waals surface area contributed by atoms with Crippen molar-refractivity contribution in [3.8, 4) is 0 Å². The van der Waals surface area contributed by atoms with Gasteiger partial charge in [0.05, 0.1) is 0 Å². The fourth-order valence-corrected chi connectivity index (χ4v) is 5.13. The number of hydrogen-bond acceptors (Lipinski definition) is 3. The van der Waals surface area contributed by atoms with Crippen LogP contribution in [0.15, 0.2) is 0 Å². The molecule has 0 aliphatic heterocycles. The number of carbonyl (C=O) groups excluding carboxylic acids is 1. The summed E-state index contributed by atoms with van der Waals surface area (Å²) in [7, 11) is 0. The first-order chi connectivity index (χ1) is 17.6. The van der Waals surface area contributed by atoms with Crippen LogP contribution < -0.4 is 0 Å². The molecule has 0 heterocycles. The van der Waals surface area contributed by atoms with Crippen LogP contribution in [0.1, 0.15) is 194 Å². The predicted octanol–water partition coefficient (Wildman–Crippen LogP) is 10.9. The standard InChI is InChI=1S/C33H66O3/c1-4-6-8-10-12-14-16-17-18-20-22-24-26-28-30-32(36-33(35)31(3)34)29-27-25-23-21-19-15-13-11-9-7-5-2/h31-32,34H,4-30H2,1-3H3. The molecule has 0 bridgehead atoms. The Bertz CT molecular complexity index is 435. The quantitative estimate of drug-likeness (QED) is 0.0803. The molecule has 0 aliphatic carbocycles. The minimum Gasteiger partial charge on any atom is -0.460 e. The van der Waals surface area contributed by atoms with Crippen molar-refractivity contribution < 1.29 is 14.6 Å². The molecule has 0 spiro atoms. The van der Waals surface area contributed by atoms with Crippen LogP contribution in [0.2, 0.25) is 0 Å². The minimum atomic E-state index is -1.01. The van der Waals surface area contributed by atoms with Gasteiger partial charge in [-0.15, -0.1) is 0 Å². The molecule has 0 rings (SSSR count). The van der Waals surface area contributed by atoms with E-state index in [1.807, 2.05) is 0 Å². The van der Waals surface area contributed by atoms with E-state index in [4.69, 9.17) is 4.74 Å². The lowest BCUT2D eigenvalue weighted by molar-refractivity contribution is -0.158. The zero-order valence-corrected chi connectivity index (χ0v) is 25.0. The normalized spacial score (nSPS) is 13.1. The zero-order valence-electron chi connectivity index (χ0n) is 25.0. The lowest BCUT2D eigenvalue weighted by Gasteiger charge is -2.19. The van der Waals surface area contributed by atoms with Crippen molar-refractivity contribution in [2.45, 2.75) is 206 Å². The largest absolute Gasteiger partial charge is 0.460 e. The second-order valence-corrected chi connectivity index (χ2v) is 11.4. The molecule has 0 aromatic rings. The number of carbonyl (C=O) groups is 1. The van der Waals surface area contributed by atoms with E-state index in [1.54, 1.807) is 0 Å². The highest BCUT2D eigenvalue weighted by atomic mass is 16.6. The van der Waals surface area contributed by atoms with Crippen molar-refractivity contribution in [3.63, 3.8) is 0 Å². The van der Waals surface area contributed by atoms with Crippen molar-refractivity contribution in [3.05, 3.63) is 0 Å². The third-order valence-corrected chi connectivity index (χ3v) is 7.63. The monoisotopic (exact) mass is 511 g/mol. The summed E-state index contributed by atoms with van der Waals surface area (Å²) in [6, 6.07) is 0. The van der Waals surface area contributed by atoms with Crippen molar-refractivity contribution in [1.29, 1.82) is 0 Å². The molecule has 3 heteroatoms. The molecule has 0 aliphatic rings. The van der Waals surface area contributed by atoms with Gasteiger partial charge < -0.3 is 9.84 Å². The maximum absolute atomic E-state index is 11.9. The molecule has 0 aromatic carbocycles. The molecule has 0 saturated carbocycles. The summed E-state index contributed by atoms with van der Waals surface area (Å²) in [6.45, 7) is 6.06. The fourth-order valence-electron chi connectivity index (χ4n) is 5.13. The summed E-state index contributed by atoms with van der Waals surface area (Å²) in [6.07, 6.45) is 34.6.